The minimum absolute atomic E-state index is 0.398. The Morgan fingerprint density at radius 3 is 1.17 bits per heavy atom. The quantitative estimate of drug-likeness (QED) is 0.0958. The molecule has 0 N–H and O–H groups in total. The first-order valence-corrected chi connectivity index (χ1v) is 20.8. The van der Waals surface area contributed by atoms with Gasteiger partial charge in [-0.15, -0.1) is 0 Å². The van der Waals surface area contributed by atoms with Crippen molar-refractivity contribution in [1.82, 2.24) is 0 Å². The van der Waals surface area contributed by atoms with Crippen LogP contribution in [0.15, 0.2) is 0 Å². The maximum atomic E-state index is 6.37. The topological polar surface area (TPSA) is 62.0 Å². The first kappa shape index (κ1) is 36.5. The van der Waals surface area contributed by atoms with E-state index < -0.39 is 0 Å². The van der Waals surface area contributed by atoms with Gasteiger partial charge < -0.3 is 28.4 Å². The summed E-state index contributed by atoms with van der Waals surface area (Å²) in [7, 11) is 0. The van der Waals surface area contributed by atoms with Crippen molar-refractivity contribution in [3.05, 3.63) is 0 Å². The second kappa shape index (κ2) is 19.4. The van der Waals surface area contributed by atoms with Crippen LogP contribution in [0.3, 0.4) is 0 Å². The molecule has 0 aromatic carbocycles. The second-order valence-corrected chi connectivity index (χ2v) is 16.9. The minimum atomic E-state index is 0.398. The molecule has 6 aliphatic rings. The van der Waals surface area contributed by atoms with Gasteiger partial charge in [-0.25, -0.2) is 0 Å². The van der Waals surface area contributed by atoms with Crippen molar-refractivity contribution in [2.75, 3.05) is 39.6 Å². The molecular formula is C41H72O6. The van der Waals surface area contributed by atoms with Crippen LogP contribution in [0.4, 0.5) is 0 Å². The first-order chi connectivity index (χ1) is 23.1. The van der Waals surface area contributed by atoms with E-state index in [-0.39, 0.29) is 0 Å². The van der Waals surface area contributed by atoms with Crippen molar-refractivity contribution in [3.8, 4) is 0 Å². The lowest BCUT2D eigenvalue weighted by molar-refractivity contribution is -0.0294. The van der Waals surface area contributed by atoms with Gasteiger partial charge in [0.25, 0.3) is 0 Å². The average molecular weight is 661 g/mol. The third kappa shape index (κ3) is 12.5. The van der Waals surface area contributed by atoms with Gasteiger partial charge in [0.05, 0.1) is 50.3 Å². The van der Waals surface area contributed by atoms with E-state index in [0.29, 0.717) is 36.6 Å². The highest BCUT2D eigenvalue weighted by Crippen LogP contribution is 2.42. The van der Waals surface area contributed by atoms with Crippen LogP contribution in [-0.2, 0) is 28.4 Å². The molecule has 47 heavy (non-hydrogen) atoms. The second-order valence-electron chi connectivity index (χ2n) is 16.9. The Bertz CT molecular complexity index is 829. The SMILES string of the molecule is CC(C1CCC(OCCCCCC2CO2)CC1)C1CCC(OCCCOC2CCC(C(C)C3CCC(OCC4CO4)CC3)CC2)CC1. The molecule has 0 aromatic rings. The van der Waals surface area contributed by atoms with E-state index in [0.717, 1.165) is 81.6 Å². The molecule has 0 bridgehead atoms. The number of unbranched alkanes of at least 4 members (excludes halogenated alkanes) is 2. The van der Waals surface area contributed by atoms with Crippen LogP contribution in [0.25, 0.3) is 0 Å². The van der Waals surface area contributed by atoms with Gasteiger partial charge >= 0.3 is 0 Å². The summed E-state index contributed by atoms with van der Waals surface area (Å²) < 4.78 is 35.7. The highest BCUT2D eigenvalue weighted by atomic mass is 16.6. The monoisotopic (exact) mass is 661 g/mol. The summed E-state index contributed by atoms with van der Waals surface area (Å²) in [5, 5.41) is 0. The fraction of sp³-hybridized carbons (Fsp3) is 1.00. The van der Waals surface area contributed by atoms with Crippen LogP contribution < -0.4 is 0 Å². The van der Waals surface area contributed by atoms with E-state index >= 15 is 0 Å². The standard InChI is InChI=1S/C41H72O6/c1-30(32-8-16-36(17-9-32)42-24-5-3-4-7-40-27-46-40)33-10-18-37(19-11-33)43-25-6-26-44-38-20-12-34(13-21-38)31(2)35-14-22-39(23-15-35)45-28-41-29-47-41/h30-41H,3-29H2,1-2H3. The van der Waals surface area contributed by atoms with Crippen LogP contribution >= 0.6 is 0 Å². The molecule has 4 atom stereocenters. The van der Waals surface area contributed by atoms with Crippen molar-refractivity contribution < 1.29 is 28.4 Å². The fourth-order valence-electron chi connectivity index (χ4n) is 10.00. The molecule has 0 spiro atoms. The van der Waals surface area contributed by atoms with E-state index in [4.69, 9.17) is 28.4 Å². The predicted octanol–water partition coefficient (Wildman–Crippen LogP) is 9.31. The normalized spacial score (nSPS) is 38.9. The molecule has 4 unspecified atom stereocenters. The zero-order valence-electron chi connectivity index (χ0n) is 30.5. The smallest absolute Gasteiger partial charge is 0.104 e. The molecule has 2 saturated heterocycles. The van der Waals surface area contributed by atoms with Gasteiger partial charge in [0, 0.05) is 19.8 Å². The van der Waals surface area contributed by atoms with Crippen molar-refractivity contribution in [2.45, 2.75) is 185 Å². The molecule has 4 aliphatic carbocycles. The largest absolute Gasteiger partial charge is 0.378 e. The Kier molecular flexibility index (Phi) is 15.1. The van der Waals surface area contributed by atoms with E-state index in [1.165, 1.54) is 128 Å². The Morgan fingerprint density at radius 1 is 0.426 bits per heavy atom. The predicted molar refractivity (Wildman–Crippen MR) is 188 cm³/mol. The Labute approximate surface area is 288 Å². The van der Waals surface area contributed by atoms with Crippen molar-refractivity contribution in [2.24, 2.45) is 35.5 Å². The highest BCUT2D eigenvalue weighted by molar-refractivity contribution is 4.85. The van der Waals surface area contributed by atoms with Gasteiger partial charge in [-0.2, -0.15) is 0 Å². The number of rotatable bonds is 20. The lowest BCUT2D eigenvalue weighted by Gasteiger charge is -2.39. The van der Waals surface area contributed by atoms with Gasteiger partial charge in [0.2, 0.25) is 0 Å². The number of hydrogen-bond donors (Lipinski definition) is 0. The molecule has 2 heterocycles. The summed E-state index contributed by atoms with van der Waals surface area (Å²) in [6, 6.07) is 0. The average Bonchev–Trinajstić information content (AvgIpc) is 4.06. The summed E-state index contributed by atoms with van der Waals surface area (Å²) in [6.07, 6.45) is 30.0. The Hall–Kier alpha value is -0.240. The fourth-order valence-corrected chi connectivity index (χ4v) is 10.00. The van der Waals surface area contributed by atoms with Gasteiger partial charge in [-0.1, -0.05) is 26.7 Å². The number of epoxide rings is 2. The van der Waals surface area contributed by atoms with Crippen LogP contribution in [-0.4, -0.2) is 76.3 Å². The molecule has 2 aliphatic heterocycles. The molecule has 272 valence electrons. The number of ether oxygens (including phenoxy) is 6. The van der Waals surface area contributed by atoms with Crippen LogP contribution in [0.2, 0.25) is 0 Å². The third-order valence-corrected chi connectivity index (χ3v) is 13.7. The first-order valence-electron chi connectivity index (χ1n) is 20.8. The summed E-state index contributed by atoms with van der Waals surface area (Å²) in [4.78, 5) is 0. The molecule has 0 radical (unpaired) electrons. The van der Waals surface area contributed by atoms with Crippen LogP contribution in [0, 0.1) is 35.5 Å². The molecule has 0 amide bonds. The molecule has 6 heteroatoms. The molecule has 6 nitrogen and oxygen atoms in total. The van der Waals surface area contributed by atoms with E-state index in [9.17, 15) is 0 Å². The number of hydrogen-bond acceptors (Lipinski definition) is 6. The molecule has 6 rings (SSSR count). The van der Waals surface area contributed by atoms with Crippen LogP contribution in [0.1, 0.15) is 149 Å². The molecule has 4 saturated carbocycles. The maximum absolute atomic E-state index is 6.37. The van der Waals surface area contributed by atoms with Crippen molar-refractivity contribution >= 4 is 0 Å². The van der Waals surface area contributed by atoms with Crippen molar-refractivity contribution in [1.29, 1.82) is 0 Å². The lowest BCUT2D eigenvalue weighted by atomic mass is 9.70. The van der Waals surface area contributed by atoms with E-state index in [1.807, 2.05) is 0 Å². The van der Waals surface area contributed by atoms with Gasteiger partial charge in [0.15, 0.2) is 0 Å². The molecule has 6 fully saturated rings. The van der Waals surface area contributed by atoms with Crippen LogP contribution in [0.5, 0.6) is 0 Å². The third-order valence-electron chi connectivity index (χ3n) is 13.7. The Balaban J connectivity index is 0.740. The summed E-state index contributed by atoms with van der Waals surface area (Å²) >= 11 is 0. The molecule has 0 aromatic heterocycles. The Morgan fingerprint density at radius 2 is 0.787 bits per heavy atom. The van der Waals surface area contributed by atoms with E-state index in [2.05, 4.69) is 13.8 Å². The highest BCUT2D eigenvalue weighted by Gasteiger charge is 2.35. The summed E-state index contributed by atoms with van der Waals surface area (Å²) in [6.45, 7) is 10.5. The zero-order chi connectivity index (χ0) is 32.3. The van der Waals surface area contributed by atoms with Gasteiger partial charge in [-0.05, 0) is 158 Å². The lowest BCUT2D eigenvalue weighted by Crippen LogP contribution is -2.32. The van der Waals surface area contributed by atoms with Crippen molar-refractivity contribution in [3.63, 3.8) is 0 Å². The van der Waals surface area contributed by atoms with E-state index in [1.54, 1.807) is 0 Å². The van der Waals surface area contributed by atoms with Gasteiger partial charge in [0.1, 0.15) is 6.10 Å². The zero-order valence-corrected chi connectivity index (χ0v) is 30.5. The maximum Gasteiger partial charge on any atom is 0.104 e. The molecular weight excluding hydrogens is 588 g/mol. The summed E-state index contributed by atoms with van der Waals surface area (Å²) in [5.74, 6) is 5.28. The minimum Gasteiger partial charge on any atom is -0.378 e. The summed E-state index contributed by atoms with van der Waals surface area (Å²) in [5.41, 5.74) is 0. The van der Waals surface area contributed by atoms with Gasteiger partial charge in [-0.3, -0.25) is 0 Å².